The molecule has 5 nitrogen and oxygen atoms in total. The zero-order chi connectivity index (χ0) is 8.39. The van der Waals surface area contributed by atoms with Gasteiger partial charge in [-0.3, -0.25) is 10.7 Å². The fraction of sp³-hybridized carbons (Fsp3) is 0. The van der Waals surface area contributed by atoms with Crippen molar-refractivity contribution in [2.45, 2.75) is 0 Å². The third kappa shape index (κ3) is 0.960. The van der Waals surface area contributed by atoms with Crippen LogP contribution in [0.1, 0.15) is 0 Å². The number of rotatable bonds is 2. The maximum atomic E-state index is 8.67. The minimum Gasteiger partial charge on any atom is -0.442 e. The van der Waals surface area contributed by atoms with E-state index in [2.05, 4.69) is 9.97 Å². The van der Waals surface area contributed by atoms with Crippen molar-refractivity contribution in [2.24, 2.45) is 0 Å². The van der Waals surface area contributed by atoms with Gasteiger partial charge in [-0.15, -0.1) is 0 Å². The van der Waals surface area contributed by atoms with Gasteiger partial charge in [-0.05, 0) is 6.07 Å². The van der Waals surface area contributed by atoms with E-state index in [0.717, 1.165) is 0 Å². The van der Waals surface area contributed by atoms with Crippen molar-refractivity contribution in [1.29, 1.82) is 0 Å². The summed E-state index contributed by atoms with van der Waals surface area (Å²) in [4.78, 5) is 6.66. The molecule has 12 heavy (non-hydrogen) atoms. The summed E-state index contributed by atoms with van der Waals surface area (Å²) in [5.74, 6) is 0.580. The van der Waals surface area contributed by atoms with Crippen LogP contribution in [0, 0.1) is 0 Å². The Labute approximate surface area is 68.0 Å². The van der Waals surface area contributed by atoms with E-state index in [1.807, 2.05) is 5.48 Å². The first-order valence-electron chi connectivity index (χ1n) is 3.38. The molecule has 0 fully saturated rings. The predicted octanol–water partition coefficient (Wildman–Crippen LogP) is 1.47. The first kappa shape index (κ1) is 6.93. The Bertz CT molecular complexity index is 352. The highest BCUT2D eigenvalue weighted by molar-refractivity contribution is 5.69. The van der Waals surface area contributed by atoms with Crippen LogP contribution in [0.4, 0.5) is 5.69 Å². The second-order valence-corrected chi connectivity index (χ2v) is 2.24. The molecule has 0 aliphatic rings. The van der Waals surface area contributed by atoms with Gasteiger partial charge in [-0.25, -0.2) is 4.98 Å². The fourth-order valence-corrected chi connectivity index (χ4v) is 1.01. The molecule has 5 heteroatoms. The van der Waals surface area contributed by atoms with E-state index in [4.69, 9.17) is 9.62 Å². The average Bonchev–Trinajstić information content (AvgIpc) is 2.74. The van der Waals surface area contributed by atoms with Crippen molar-refractivity contribution >= 4 is 5.69 Å². The van der Waals surface area contributed by atoms with Gasteiger partial charge in [0.2, 0.25) is 0 Å². The van der Waals surface area contributed by atoms with E-state index < -0.39 is 0 Å². The lowest BCUT2D eigenvalue weighted by atomic mass is 10.3. The van der Waals surface area contributed by atoms with E-state index in [1.165, 1.54) is 6.39 Å². The molecule has 0 radical (unpaired) electrons. The zero-order valence-corrected chi connectivity index (χ0v) is 6.11. The molecular weight excluding hydrogens is 158 g/mol. The third-order valence-electron chi connectivity index (χ3n) is 1.55. The van der Waals surface area contributed by atoms with E-state index in [-0.39, 0.29) is 0 Å². The van der Waals surface area contributed by atoms with Gasteiger partial charge < -0.3 is 9.40 Å². The molecule has 2 heterocycles. The molecule has 62 valence electrons. The molecule has 0 aromatic carbocycles. The molecular formula is C7H7N3O2. The molecule has 0 atom stereocenters. The number of nitrogens with zero attached hydrogens (tertiary/aromatic N) is 1. The minimum atomic E-state index is 0.562. The van der Waals surface area contributed by atoms with Gasteiger partial charge in [0, 0.05) is 6.20 Å². The highest BCUT2D eigenvalue weighted by Crippen LogP contribution is 2.24. The van der Waals surface area contributed by atoms with Crippen LogP contribution < -0.4 is 5.48 Å². The molecule has 2 aromatic heterocycles. The normalized spacial score (nSPS) is 10.1. The quantitative estimate of drug-likeness (QED) is 0.589. The van der Waals surface area contributed by atoms with E-state index >= 15 is 0 Å². The molecule has 0 spiro atoms. The molecule has 0 aliphatic carbocycles. The zero-order valence-electron chi connectivity index (χ0n) is 6.11. The van der Waals surface area contributed by atoms with Crippen LogP contribution in [0.5, 0.6) is 0 Å². The van der Waals surface area contributed by atoms with Crippen molar-refractivity contribution < 1.29 is 9.62 Å². The van der Waals surface area contributed by atoms with Gasteiger partial charge in [0.15, 0.2) is 12.2 Å². The number of oxazole rings is 1. The van der Waals surface area contributed by atoms with Crippen LogP contribution >= 0.6 is 0 Å². The summed E-state index contributed by atoms with van der Waals surface area (Å²) in [6, 6.07) is 1.69. The Morgan fingerprint density at radius 1 is 1.58 bits per heavy atom. The number of hydrogen-bond acceptors (Lipinski definition) is 4. The summed E-state index contributed by atoms with van der Waals surface area (Å²) in [5, 5.41) is 8.67. The van der Waals surface area contributed by atoms with Gasteiger partial charge >= 0.3 is 0 Å². The lowest BCUT2D eigenvalue weighted by Crippen LogP contribution is -1.88. The van der Waals surface area contributed by atoms with Crippen molar-refractivity contribution in [2.75, 3.05) is 5.48 Å². The molecule has 0 amide bonds. The molecule has 2 aromatic rings. The highest BCUT2D eigenvalue weighted by atomic mass is 16.5. The summed E-state index contributed by atoms with van der Waals surface area (Å²) >= 11 is 0. The number of H-pyrrole nitrogens is 1. The van der Waals surface area contributed by atoms with Gasteiger partial charge in [-0.1, -0.05) is 0 Å². The van der Waals surface area contributed by atoms with E-state index in [0.29, 0.717) is 17.1 Å². The second-order valence-electron chi connectivity index (χ2n) is 2.24. The summed E-state index contributed by atoms with van der Waals surface area (Å²) < 4.78 is 5.03. The Balaban J connectivity index is 2.46. The monoisotopic (exact) mass is 165 g/mol. The standard InChI is InChI=1S/C7H7N3O2/c11-10-5-1-2-9-7(5)6-3-8-4-12-6/h1-4,9-11H. The summed E-state index contributed by atoms with van der Waals surface area (Å²) in [7, 11) is 0. The van der Waals surface area contributed by atoms with E-state index in [9.17, 15) is 0 Å². The number of aromatic amines is 1. The molecule has 0 aliphatic heterocycles. The highest BCUT2D eigenvalue weighted by Gasteiger charge is 2.07. The SMILES string of the molecule is ONc1cc[nH]c1-c1cnco1. The van der Waals surface area contributed by atoms with Crippen molar-refractivity contribution in [1.82, 2.24) is 9.97 Å². The number of aromatic nitrogens is 2. The first-order valence-corrected chi connectivity index (χ1v) is 3.38. The maximum absolute atomic E-state index is 8.67. The second kappa shape index (κ2) is 2.71. The van der Waals surface area contributed by atoms with Crippen LogP contribution in [0.2, 0.25) is 0 Å². The average molecular weight is 165 g/mol. The van der Waals surface area contributed by atoms with Crippen molar-refractivity contribution in [3.63, 3.8) is 0 Å². The van der Waals surface area contributed by atoms with Crippen LogP contribution in [0.25, 0.3) is 11.5 Å². The third-order valence-corrected chi connectivity index (χ3v) is 1.55. The molecule has 3 N–H and O–H groups in total. The lowest BCUT2D eigenvalue weighted by Gasteiger charge is -1.96. The maximum Gasteiger partial charge on any atom is 0.181 e. The van der Waals surface area contributed by atoms with Crippen LogP contribution in [0.3, 0.4) is 0 Å². The summed E-state index contributed by atoms with van der Waals surface area (Å²) in [6.07, 6.45) is 4.58. The molecule has 2 rings (SSSR count). The predicted molar refractivity (Wildman–Crippen MR) is 41.7 cm³/mol. The van der Waals surface area contributed by atoms with Gasteiger partial charge in [0.1, 0.15) is 5.69 Å². The Kier molecular flexibility index (Phi) is 1.56. The molecule has 0 unspecified atom stereocenters. The van der Waals surface area contributed by atoms with Crippen LogP contribution in [-0.4, -0.2) is 15.2 Å². The first-order chi connectivity index (χ1) is 5.92. The van der Waals surface area contributed by atoms with Crippen LogP contribution in [0.15, 0.2) is 29.3 Å². The largest absolute Gasteiger partial charge is 0.442 e. The lowest BCUT2D eigenvalue weighted by molar-refractivity contribution is 0.389. The Hall–Kier alpha value is -1.75. The van der Waals surface area contributed by atoms with Crippen molar-refractivity contribution in [3.8, 4) is 11.5 Å². The Morgan fingerprint density at radius 2 is 2.50 bits per heavy atom. The fourth-order valence-electron chi connectivity index (χ4n) is 1.01. The summed E-state index contributed by atoms with van der Waals surface area (Å²) in [5.41, 5.74) is 3.28. The molecule has 0 saturated carbocycles. The van der Waals surface area contributed by atoms with Gasteiger partial charge in [0.25, 0.3) is 0 Å². The van der Waals surface area contributed by atoms with Crippen molar-refractivity contribution in [3.05, 3.63) is 24.9 Å². The topological polar surface area (TPSA) is 74.1 Å². The summed E-state index contributed by atoms with van der Waals surface area (Å²) in [6.45, 7) is 0. The number of nitrogens with one attached hydrogen (secondary N) is 2. The number of anilines is 1. The van der Waals surface area contributed by atoms with Crippen LogP contribution in [-0.2, 0) is 0 Å². The smallest absolute Gasteiger partial charge is 0.181 e. The van der Waals surface area contributed by atoms with Gasteiger partial charge in [-0.2, -0.15) is 0 Å². The Morgan fingerprint density at radius 3 is 3.17 bits per heavy atom. The molecule has 0 saturated heterocycles. The molecule has 0 bridgehead atoms. The number of hydrogen-bond donors (Lipinski definition) is 3. The van der Waals surface area contributed by atoms with Gasteiger partial charge in [0.05, 0.1) is 11.9 Å². The minimum absolute atomic E-state index is 0.562. The van der Waals surface area contributed by atoms with E-state index in [1.54, 1.807) is 18.5 Å².